The van der Waals surface area contributed by atoms with Gasteiger partial charge in [0.1, 0.15) is 0 Å². The molecule has 25 heavy (non-hydrogen) atoms. The van der Waals surface area contributed by atoms with Crippen molar-refractivity contribution in [1.82, 2.24) is 5.32 Å². The van der Waals surface area contributed by atoms with Crippen molar-refractivity contribution in [2.45, 2.75) is 6.42 Å². The summed E-state index contributed by atoms with van der Waals surface area (Å²) in [5.74, 6) is 5.74. The fourth-order valence-electron chi connectivity index (χ4n) is 2.63. The number of hydrogen-bond acceptors (Lipinski definition) is 3. The number of carbonyl (C=O) groups excluding carboxylic acids is 1. The van der Waals surface area contributed by atoms with Crippen LogP contribution in [-0.2, 0) is 10.0 Å². The number of sulfonamides is 1. The van der Waals surface area contributed by atoms with E-state index in [1.54, 1.807) is 24.3 Å². The van der Waals surface area contributed by atoms with Gasteiger partial charge >= 0.3 is 0 Å². The molecule has 3 rings (SSSR count). The standard InChI is InChI=1S/C19H18N2O3S/c22-19(20-12-5-9-16-7-2-1-3-8-16)17-10-4-11-18(15-17)21-13-6-14-25(21,23)24/h1-4,7-8,10-11,15H,6,12-14H2,(H,20,22). The lowest BCUT2D eigenvalue weighted by molar-refractivity contribution is 0.0958. The second-order valence-corrected chi connectivity index (χ2v) is 7.66. The van der Waals surface area contributed by atoms with Crippen LogP contribution in [0.2, 0.25) is 0 Å². The van der Waals surface area contributed by atoms with Gasteiger partial charge in [-0.25, -0.2) is 8.42 Å². The van der Waals surface area contributed by atoms with Crippen molar-refractivity contribution in [1.29, 1.82) is 0 Å². The zero-order valence-electron chi connectivity index (χ0n) is 13.6. The molecule has 128 valence electrons. The first-order chi connectivity index (χ1) is 12.1. The van der Waals surface area contributed by atoms with Crippen LogP contribution >= 0.6 is 0 Å². The van der Waals surface area contributed by atoms with E-state index in [0.29, 0.717) is 24.2 Å². The van der Waals surface area contributed by atoms with E-state index in [9.17, 15) is 13.2 Å². The third-order valence-electron chi connectivity index (χ3n) is 3.84. The van der Waals surface area contributed by atoms with E-state index in [1.807, 2.05) is 30.3 Å². The molecule has 1 saturated heterocycles. The lowest BCUT2D eigenvalue weighted by atomic mass is 10.2. The van der Waals surface area contributed by atoms with Gasteiger partial charge in [0.2, 0.25) is 10.0 Å². The van der Waals surface area contributed by atoms with Crippen LogP contribution in [-0.4, -0.2) is 33.2 Å². The maximum absolute atomic E-state index is 12.2. The van der Waals surface area contributed by atoms with Crippen LogP contribution in [0.3, 0.4) is 0 Å². The quantitative estimate of drug-likeness (QED) is 0.858. The predicted molar refractivity (Wildman–Crippen MR) is 97.8 cm³/mol. The van der Waals surface area contributed by atoms with Crippen LogP contribution in [0.15, 0.2) is 54.6 Å². The minimum Gasteiger partial charge on any atom is -0.341 e. The van der Waals surface area contributed by atoms with Gasteiger partial charge in [0.25, 0.3) is 5.91 Å². The number of carbonyl (C=O) groups is 1. The van der Waals surface area contributed by atoms with Gasteiger partial charge in [0.15, 0.2) is 0 Å². The Balaban J connectivity index is 1.65. The third kappa shape index (κ3) is 4.20. The molecular formula is C19H18N2O3S. The molecule has 1 amide bonds. The molecule has 1 fully saturated rings. The van der Waals surface area contributed by atoms with E-state index in [-0.39, 0.29) is 18.2 Å². The van der Waals surface area contributed by atoms with Gasteiger partial charge in [0, 0.05) is 17.7 Å². The van der Waals surface area contributed by atoms with Crippen molar-refractivity contribution in [3.63, 3.8) is 0 Å². The lowest BCUT2D eigenvalue weighted by Crippen LogP contribution is -2.26. The first-order valence-corrected chi connectivity index (χ1v) is 9.60. The molecule has 6 heteroatoms. The van der Waals surface area contributed by atoms with E-state index < -0.39 is 10.0 Å². The minimum atomic E-state index is -3.25. The average Bonchev–Trinajstić information content (AvgIpc) is 2.99. The molecule has 0 saturated carbocycles. The zero-order valence-corrected chi connectivity index (χ0v) is 14.4. The molecule has 1 heterocycles. The smallest absolute Gasteiger partial charge is 0.252 e. The van der Waals surface area contributed by atoms with Crippen LogP contribution in [0.4, 0.5) is 5.69 Å². The van der Waals surface area contributed by atoms with Crippen molar-refractivity contribution in [3.05, 3.63) is 65.7 Å². The molecule has 0 bridgehead atoms. The summed E-state index contributed by atoms with van der Waals surface area (Å²) in [7, 11) is -3.25. The Hall–Kier alpha value is -2.78. The number of rotatable bonds is 3. The highest BCUT2D eigenvalue weighted by Gasteiger charge is 2.28. The second-order valence-electron chi connectivity index (χ2n) is 5.64. The normalized spacial score (nSPS) is 15.3. The summed E-state index contributed by atoms with van der Waals surface area (Å²) in [5.41, 5.74) is 1.83. The molecular weight excluding hydrogens is 336 g/mol. The molecule has 0 aliphatic carbocycles. The molecule has 1 aliphatic rings. The first kappa shape index (κ1) is 17.1. The molecule has 2 aromatic rings. The largest absolute Gasteiger partial charge is 0.341 e. The first-order valence-electron chi connectivity index (χ1n) is 7.99. The van der Waals surface area contributed by atoms with Gasteiger partial charge in [-0.15, -0.1) is 0 Å². The fraction of sp³-hybridized carbons (Fsp3) is 0.211. The maximum Gasteiger partial charge on any atom is 0.252 e. The van der Waals surface area contributed by atoms with Crippen LogP contribution in [0, 0.1) is 11.8 Å². The van der Waals surface area contributed by atoms with Crippen LogP contribution in [0.1, 0.15) is 22.3 Å². The Morgan fingerprint density at radius 2 is 1.92 bits per heavy atom. The SMILES string of the molecule is O=C(NCC#Cc1ccccc1)c1cccc(N2CCCS2(=O)=O)c1. The average molecular weight is 354 g/mol. The summed E-state index contributed by atoms with van der Waals surface area (Å²) in [6.07, 6.45) is 0.605. The summed E-state index contributed by atoms with van der Waals surface area (Å²) in [6, 6.07) is 16.2. The van der Waals surface area contributed by atoms with Crippen molar-refractivity contribution < 1.29 is 13.2 Å². The van der Waals surface area contributed by atoms with Gasteiger partial charge in [-0.3, -0.25) is 9.10 Å². The van der Waals surface area contributed by atoms with Crippen molar-refractivity contribution in [3.8, 4) is 11.8 Å². The Morgan fingerprint density at radius 1 is 1.12 bits per heavy atom. The van der Waals surface area contributed by atoms with Gasteiger partial charge < -0.3 is 5.32 Å². The topological polar surface area (TPSA) is 66.5 Å². The Kier molecular flexibility index (Phi) is 5.05. The summed E-state index contributed by atoms with van der Waals surface area (Å²) < 4.78 is 25.4. The molecule has 2 aromatic carbocycles. The van der Waals surface area contributed by atoms with Gasteiger partial charge in [-0.05, 0) is 36.8 Å². The second kappa shape index (κ2) is 7.41. The summed E-state index contributed by atoms with van der Waals surface area (Å²) in [6.45, 7) is 0.677. The molecule has 0 aromatic heterocycles. The Bertz CT molecular complexity index is 928. The number of nitrogens with zero attached hydrogens (tertiary/aromatic N) is 1. The van der Waals surface area contributed by atoms with Crippen LogP contribution < -0.4 is 9.62 Å². The van der Waals surface area contributed by atoms with Gasteiger partial charge in [0.05, 0.1) is 18.0 Å². The van der Waals surface area contributed by atoms with Gasteiger partial charge in [-0.2, -0.15) is 0 Å². The highest BCUT2D eigenvalue weighted by atomic mass is 32.2. The van der Waals surface area contributed by atoms with Crippen LogP contribution in [0.5, 0.6) is 0 Å². The number of anilines is 1. The monoisotopic (exact) mass is 354 g/mol. The van der Waals surface area contributed by atoms with Crippen molar-refractivity contribution in [2.75, 3.05) is 23.1 Å². The molecule has 1 N–H and O–H groups in total. The maximum atomic E-state index is 12.2. The van der Waals surface area contributed by atoms with E-state index in [1.165, 1.54) is 4.31 Å². The number of amides is 1. The molecule has 0 unspecified atom stereocenters. The predicted octanol–water partition coefficient (Wildman–Crippen LogP) is 2.01. The van der Waals surface area contributed by atoms with Crippen LogP contribution in [0.25, 0.3) is 0 Å². The fourth-order valence-corrected chi connectivity index (χ4v) is 4.18. The zero-order chi connectivity index (χ0) is 17.7. The van der Waals surface area contributed by atoms with E-state index in [0.717, 1.165) is 5.56 Å². The summed E-state index contributed by atoms with van der Waals surface area (Å²) in [4.78, 5) is 12.2. The third-order valence-corrected chi connectivity index (χ3v) is 5.71. The molecule has 0 radical (unpaired) electrons. The van der Waals surface area contributed by atoms with Crippen molar-refractivity contribution >= 4 is 21.6 Å². The Labute approximate surface area is 147 Å². The number of nitrogens with one attached hydrogen (secondary N) is 1. The minimum absolute atomic E-state index is 0.151. The number of hydrogen-bond donors (Lipinski definition) is 1. The van der Waals surface area contributed by atoms with Gasteiger partial charge in [-0.1, -0.05) is 36.1 Å². The van der Waals surface area contributed by atoms with E-state index in [2.05, 4.69) is 17.2 Å². The highest BCUT2D eigenvalue weighted by molar-refractivity contribution is 7.93. The molecule has 0 spiro atoms. The van der Waals surface area contributed by atoms with E-state index in [4.69, 9.17) is 0 Å². The molecule has 5 nitrogen and oxygen atoms in total. The summed E-state index contributed by atoms with van der Waals surface area (Å²) in [5, 5.41) is 2.73. The van der Waals surface area contributed by atoms with E-state index >= 15 is 0 Å². The summed E-state index contributed by atoms with van der Waals surface area (Å²) >= 11 is 0. The number of benzene rings is 2. The Morgan fingerprint density at radius 3 is 2.64 bits per heavy atom. The van der Waals surface area contributed by atoms with Crippen molar-refractivity contribution in [2.24, 2.45) is 0 Å². The highest BCUT2D eigenvalue weighted by Crippen LogP contribution is 2.24. The lowest BCUT2D eigenvalue weighted by Gasteiger charge is -2.17. The molecule has 1 aliphatic heterocycles. The molecule has 0 atom stereocenters.